The predicted octanol–water partition coefficient (Wildman–Crippen LogP) is 1.33. The normalized spacial score (nSPS) is 11.7. The summed E-state index contributed by atoms with van der Waals surface area (Å²) < 4.78 is 9.82. The third-order valence-electron chi connectivity index (χ3n) is 2.29. The molecule has 7 heteroatoms. The molecule has 0 aliphatic heterocycles. The highest BCUT2D eigenvalue weighted by atomic mass is 16.6. The van der Waals surface area contributed by atoms with E-state index in [0.717, 1.165) is 6.07 Å². The van der Waals surface area contributed by atoms with Crippen molar-refractivity contribution in [3.05, 3.63) is 33.9 Å². The van der Waals surface area contributed by atoms with Gasteiger partial charge in [-0.15, -0.1) is 0 Å². The van der Waals surface area contributed by atoms with Gasteiger partial charge in [-0.1, -0.05) is 0 Å². The highest BCUT2D eigenvalue weighted by Crippen LogP contribution is 2.28. The second-order valence-corrected chi connectivity index (χ2v) is 3.48. The van der Waals surface area contributed by atoms with Crippen molar-refractivity contribution >= 4 is 11.7 Å². The van der Waals surface area contributed by atoms with E-state index in [0.29, 0.717) is 0 Å². The monoisotopic (exact) mass is 254 g/mol. The van der Waals surface area contributed by atoms with Crippen LogP contribution in [0.15, 0.2) is 18.2 Å². The van der Waals surface area contributed by atoms with Crippen LogP contribution in [0.5, 0.6) is 5.75 Å². The number of esters is 1. The van der Waals surface area contributed by atoms with Gasteiger partial charge in [0, 0.05) is 6.07 Å². The van der Waals surface area contributed by atoms with Crippen molar-refractivity contribution in [2.75, 3.05) is 14.2 Å². The van der Waals surface area contributed by atoms with Crippen LogP contribution in [0.2, 0.25) is 0 Å². The molecule has 98 valence electrons. The minimum atomic E-state index is -0.633. The van der Waals surface area contributed by atoms with E-state index >= 15 is 0 Å². The maximum atomic E-state index is 11.3. The minimum absolute atomic E-state index is 0.0921. The molecule has 0 spiro atoms. The molecule has 18 heavy (non-hydrogen) atoms. The fourth-order valence-corrected chi connectivity index (χ4v) is 1.25. The molecule has 0 bridgehead atoms. The van der Waals surface area contributed by atoms with Crippen molar-refractivity contribution in [2.45, 2.75) is 13.2 Å². The van der Waals surface area contributed by atoms with Crippen molar-refractivity contribution in [1.82, 2.24) is 5.32 Å². The van der Waals surface area contributed by atoms with E-state index in [-0.39, 0.29) is 23.2 Å². The summed E-state index contributed by atoms with van der Waals surface area (Å²) in [6.07, 6.45) is -0.382. The van der Waals surface area contributed by atoms with Crippen LogP contribution in [0, 0.1) is 10.1 Å². The summed E-state index contributed by atoms with van der Waals surface area (Å²) in [4.78, 5) is 21.6. The Bertz CT molecular complexity index is 461. The smallest absolute Gasteiger partial charge is 0.338 e. The number of benzene rings is 1. The van der Waals surface area contributed by atoms with E-state index in [1.54, 1.807) is 14.0 Å². The molecule has 1 N–H and O–H groups in total. The molecule has 1 atom stereocenters. The SMILES string of the molecule is CNC(C)Oc1ccc(C(=O)OC)cc1[N+](=O)[O-]. The second-order valence-electron chi connectivity index (χ2n) is 3.48. The van der Waals surface area contributed by atoms with Crippen LogP contribution in [-0.2, 0) is 4.74 Å². The van der Waals surface area contributed by atoms with Crippen LogP contribution in [0.25, 0.3) is 0 Å². The first-order valence-electron chi connectivity index (χ1n) is 5.20. The zero-order valence-corrected chi connectivity index (χ0v) is 10.3. The van der Waals surface area contributed by atoms with E-state index in [1.807, 2.05) is 0 Å². The Morgan fingerprint density at radius 2 is 2.17 bits per heavy atom. The number of hydrogen-bond donors (Lipinski definition) is 1. The molecule has 1 rings (SSSR count). The molecule has 7 nitrogen and oxygen atoms in total. The maximum absolute atomic E-state index is 11.3. The molecule has 0 heterocycles. The quantitative estimate of drug-likeness (QED) is 0.369. The molecule has 1 unspecified atom stereocenters. The summed E-state index contributed by atoms with van der Waals surface area (Å²) in [6, 6.07) is 3.92. The summed E-state index contributed by atoms with van der Waals surface area (Å²) in [5.74, 6) is -0.541. The lowest BCUT2D eigenvalue weighted by atomic mass is 10.2. The van der Waals surface area contributed by atoms with Crippen LogP contribution in [0.4, 0.5) is 5.69 Å². The van der Waals surface area contributed by atoms with Gasteiger partial charge in [-0.2, -0.15) is 0 Å². The lowest BCUT2D eigenvalue weighted by molar-refractivity contribution is -0.386. The Hall–Kier alpha value is -2.15. The number of methoxy groups -OCH3 is 1. The Morgan fingerprint density at radius 1 is 1.50 bits per heavy atom. The lowest BCUT2D eigenvalue weighted by Gasteiger charge is -2.13. The van der Waals surface area contributed by atoms with Gasteiger partial charge in [-0.25, -0.2) is 4.79 Å². The first kappa shape index (κ1) is 13.9. The van der Waals surface area contributed by atoms with Gasteiger partial charge >= 0.3 is 11.7 Å². The molecule has 0 radical (unpaired) electrons. The molecule has 1 aromatic carbocycles. The molecule has 0 aromatic heterocycles. The summed E-state index contributed by atoms with van der Waals surface area (Å²) >= 11 is 0. The van der Waals surface area contributed by atoms with E-state index in [4.69, 9.17) is 4.74 Å². The Morgan fingerprint density at radius 3 is 2.67 bits per heavy atom. The third-order valence-corrected chi connectivity index (χ3v) is 2.29. The predicted molar refractivity (Wildman–Crippen MR) is 63.6 cm³/mol. The summed E-state index contributed by atoms with van der Waals surface area (Å²) in [7, 11) is 2.88. The van der Waals surface area contributed by atoms with Crippen molar-refractivity contribution in [3.63, 3.8) is 0 Å². The fourth-order valence-electron chi connectivity index (χ4n) is 1.25. The van der Waals surface area contributed by atoms with E-state index in [2.05, 4.69) is 10.1 Å². The van der Waals surface area contributed by atoms with E-state index in [1.165, 1.54) is 19.2 Å². The Kier molecular flexibility index (Phi) is 4.61. The van der Waals surface area contributed by atoms with E-state index < -0.39 is 10.9 Å². The standard InChI is InChI=1S/C11H14N2O5/c1-7(12-2)18-10-5-4-8(11(14)17-3)6-9(10)13(15)16/h4-7,12H,1-3H3. The van der Waals surface area contributed by atoms with Crippen LogP contribution in [0.3, 0.4) is 0 Å². The summed E-state index contributed by atoms with van der Waals surface area (Å²) in [6.45, 7) is 1.71. The number of ether oxygens (including phenoxy) is 2. The molecular formula is C11H14N2O5. The average Bonchev–Trinajstić information content (AvgIpc) is 2.37. The Labute approximate surface area is 104 Å². The number of carbonyl (C=O) groups is 1. The minimum Gasteiger partial charge on any atom is -0.468 e. The number of nitrogens with zero attached hydrogens (tertiary/aromatic N) is 1. The molecule has 0 aliphatic rings. The third kappa shape index (κ3) is 3.17. The fraction of sp³-hybridized carbons (Fsp3) is 0.364. The number of nitro benzene ring substituents is 1. The van der Waals surface area contributed by atoms with Gasteiger partial charge in [-0.3, -0.25) is 15.4 Å². The van der Waals surface area contributed by atoms with Gasteiger partial charge in [-0.05, 0) is 26.1 Å². The van der Waals surface area contributed by atoms with Crippen molar-refractivity contribution in [3.8, 4) is 5.75 Å². The van der Waals surface area contributed by atoms with Gasteiger partial charge in [0.15, 0.2) is 5.75 Å². The van der Waals surface area contributed by atoms with Crippen LogP contribution < -0.4 is 10.1 Å². The van der Waals surface area contributed by atoms with Crippen LogP contribution in [0.1, 0.15) is 17.3 Å². The first-order valence-corrected chi connectivity index (χ1v) is 5.20. The highest BCUT2D eigenvalue weighted by molar-refractivity contribution is 5.90. The molecular weight excluding hydrogens is 240 g/mol. The first-order chi connectivity index (χ1) is 8.49. The van der Waals surface area contributed by atoms with Gasteiger partial charge < -0.3 is 9.47 Å². The van der Waals surface area contributed by atoms with Crippen LogP contribution in [-0.4, -0.2) is 31.3 Å². The van der Waals surface area contributed by atoms with E-state index in [9.17, 15) is 14.9 Å². The average molecular weight is 254 g/mol. The number of nitro groups is 1. The molecule has 0 fully saturated rings. The molecule has 0 saturated carbocycles. The van der Waals surface area contributed by atoms with Crippen LogP contribution >= 0.6 is 0 Å². The second kappa shape index (κ2) is 5.97. The number of hydrogen-bond acceptors (Lipinski definition) is 6. The summed E-state index contributed by atoms with van der Waals surface area (Å²) in [5.41, 5.74) is -0.173. The number of rotatable bonds is 5. The van der Waals surface area contributed by atoms with Gasteiger partial charge in [0.05, 0.1) is 17.6 Å². The molecule has 0 aliphatic carbocycles. The van der Waals surface area contributed by atoms with Gasteiger partial charge in [0.2, 0.25) is 0 Å². The van der Waals surface area contributed by atoms with Crippen molar-refractivity contribution in [2.24, 2.45) is 0 Å². The maximum Gasteiger partial charge on any atom is 0.338 e. The zero-order chi connectivity index (χ0) is 13.7. The Balaban J connectivity index is 3.12. The topological polar surface area (TPSA) is 90.7 Å². The van der Waals surface area contributed by atoms with Crippen molar-refractivity contribution in [1.29, 1.82) is 0 Å². The molecule has 0 saturated heterocycles. The van der Waals surface area contributed by atoms with Gasteiger partial charge in [0.25, 0.3) is 0 Å². The lowest BCUT2D eigenvalue weighted by Crippen LogP contribution is -2.27. The number of carbonyl (C=O) groups excluding carboxylic acids is 1. The van der Waals surface area contributed by atoms with Gasteiger partial charge in [0.1, 0.15) is 6.23 Å². The number of nitrogens with one attached hydrogen (secondary N) is 1. The largest absolute Gasteiger partial charge is 0.468 e. The van der Waals surface area contributed by atoms with Crippen molar-refractivity contribution < 1.29 is 19.2 Å². The zero-order valence-electron chi connectivity index (χ0n) is 10.3. The highest BCUT2D eigenvalue weighted by Gasteiger charge is 2.20. The molecule has 0 amide bonds. The molecule has 1 aromatic rings. The summed E-state index contributed by atoms with van der Waals surface area (Å²) in [5, 5.41) is 13.7.